The van der Waals surface area contributed by atoms with E-state index < -0.39 is 10.0 Å². The van der Waals surface area contributed by atoms with Gasteiger partial charge in [-0.2, -0.15) is 9.29 Å². The van der Waals surface area contributed by atoms with E-state index in [1.807, 2.05) is 43.8 Å². The first-order valence-corrected chi connectivity index (χ1v) is 10.6. The SMILES string of the molecule is COc1ccc(S(=O)(=O)N2CCN(c3nc(C)cc(N(C)C)n3)CC2)cc1C. The number of nitrogens with zero attached hydrogens (tertiary/aromatic N) is 5. The van der Waals surface area contributed by atoms with Crippen LogP contribution in [0, 0.1) is 13.8 Å². The van der Waals surface area contributed by atoms with E-state index in [2.05, 4.69) is 9.97 Å². The van der Waals surface area contributed by atoms with Gasteiger partial charge >= 0.3 is 0 Å². The van der Waals surface area contributed by atoms with Gasteiger partial charge in [-0.05, 0) is 37.6 Å². The minimum absolute atomic E-state index is 0.293. The van der Waals surface area contributed by atoms with E-state index in [0.29, 0.717) is 42.8 Å². The lowest BCUT2D eigenvalue weighted by molar-refractivity contribution is 0.382. The molecule has 1 aliphatic rings. The van der Waals surface area contributed by atoms with Crippen LogP contribution in [0.3, 0.4) is 0 Å². The molecule has 9 heteroatoms. The monoisotopic (exact) mass is 405 g/mol. The minimum atomic E-state index is -3.54. The Morgan fingerprint density at radius 1 is 1.04 bits per heavy atom. The van der Waals surface area contributed by atoms with Crippen LogP contribution < -0.4 is 14.5 Å². The molecule has 0 atom stereocenters. The number of aromatic nitrogens is 2. The van der Waals surface area contributed by atoms with E-state index in [1.54, 1.807) is 25.3 Å². The van der Waals surface area contributed by atoms with Crippen molar-refractivity contribution in [3.05, 3.63) is 35.5 Å². The number of benzene rings is 1. The predicted molar refractivity (Wildman–Crippen MR) is 110 cm³/mol. The fourth-order valence-electron chi connectivity index (χ4n) is 3.20. The van der Waals surface area contributed by atoms with Crippen molar-refractivity contribution >= 4 is 21.8 Å². The van der Waals surface area contributed by atoms with Crippen molar-refractivity contribution in [2.45, 2.75) is 18.7 Å². The number of hydrogen-bond donors (Lipinski definition) is 0. The second-order valence-corrected chi connectivity index (χ2v) is 9.02. The van der Waals surface area contributed by atoms with Gasteiger partial charge in [0, 0.05) is 52.0 Å². The van der Waals surface area contributed by atoms with E-state index in [0.717, 1.165) is 17.1 Å². The van der Waals surface area contributed by atoms with Crippen molar-refractivity contribution in [1.29, 1.82) is 0 Å². The standard InChI is InChI=1S/C19H27N5O3S/c1-14-12-16(6-7-17(14)27-5)28(25,26)24-10-8-23(9-11-24)19-20-15(2)13-18(21-19)22(3)4/h6-7,12-13H,8-11H2,1-5H3. The van der Waals surface area contributed by atoms with Gasteiger partial charge in [0.2, 0.25) is 16.0 Å². The van der Waals surface area contributed by atoms with E-state index in [9.17, 15) is 8.42 Å². The third-order valence-electron chi connectivity index (χ3n) is 4.81. The highest BCUT2D eigenvalue weighted by Gasteiger charge is 2.30. The molecule has 0 amide bonds. The van der Waals surface area contributed by atoms with Crippen LogP contribution in [0.2, 0.25) is 0 Å². The Morgan fingerprint density at radius 3 is 2.29 bits per heavy atom. The Bertz CT molecular complexity index is 954. The summed E-state index contributed by atoms with van der Waals surface area (Å²) in [5.74, 6) is 2.16. The minimum Gasteiger partial charge on any atom is -0.496 e. The summed E-state index contributed by atoms with van der Waals surface area (Å²) in [6.07, 6.45) is 0. The number of aryl methyl sites for hydroxylation is 2. The number of sulfonamides is 1. The maximum absolute atomic E-state index is 13.0. The molecular weight excluding hydrogens is 378 g/mol. The second kappa shape index (κ2) is 7.92. The van der Waals surface area contributed by atoms with Crippen LogP contribution in [0.4, 0.5) is 11.8 Å². The maximum Gasteiger partial charge on any atom is 0.243 e. The predicted octanol–water partition coefficient (Wildman–Crippen LogP) is 1.68. The van der Waals surface area contributed by atoms with Crippen molar-refractivity contribution in [3.63, 3.8) is 0 Å². The van der Waals surface area contributed by atoms with Crippen LogP contribution in [0.1, 0.15) is 11.3 Å². The molecular formula is C19H27N5O3S. The Hall–Kier alpha value is -2.39. The van der Waals surface area contributed by atoms with E-state index >= 15 is 0 Å². The molecule has 0 N–H and O–H groups in total. The van der Waals surface area contributed by atoms with Gasteiger partial charge in [-0.3, -0.25) is 0 Å². The molecule has 1 fully saturated rings. The van der Waals surface area contributed by atoms with Gasteiger partial charge in [0.15, 0.2) is 0 Å². The molecule has 0 radical (unpaired) electrons. The molecule has 1 saturated heterocycles. The Labute approximate surface area is 166 Å². The molecule has 28 heavy (non-hydrogen) atoms. The summed E-state index contributed by atoms with van der Waals surface area (Å²) in [4.78, 5) is 13.4. The number of ether oxygens (including phenoxy) is 1. The number of methoxy groups -OCH3 is 1. The van der Waals surface area contributed by atoms with Crippen LogP contribution in [0.15, 0.2) is 29.2 Å². The summed E-state index contributed by atoms with van der Waals surface area (Å²) < 4.78 is 32.8. The smallest absolute Gasteiger partial charge is 0.243 e. The Balaban J connectivity index is 1.75. The molecule has 0 unspecified atom stereocenters. The molecule has 0 spiro atoms. The quantitative estimate of drug-likeness (QED) is 0.749. The molecule has 0 aliphatic carbocycles. The number of hydrogen-bond acceptors (Lipinski definition) is 7. The van der Waals surface area contributed by atoms with E-state index in [-0.39, 0.29) is 0 Å². The molecule has 8 nitrogen and oxygen atoms in total. The fourth-order valence-corrected chi connectivity index (χ4v) is 4.70. The van der Waals surface area contributed by atoms with Gasteiger partial charge < -0.3 is 14.5 Å². The maximum atomic E-state index is 13.0. The van der Waals surface area contributed by atoms with Gasteiger partial charge in [-0.15, -0.1) is 0 Å². The lowest BCUT2D eigenvalue weighted by atomic mass is 10.2. The number of anilines is 2. The van der Waals surface area contributed by atoms with Crippen molar-refractivity contribution < 1.29 is 13.2 Å². The lowest BCUT2D eigenvalue weighted by Crippen LogP contribution is -2.49. The van der Waals surface area contributed by atoms with Crippen LogP contribution in [-0.4, -0.2) is 70.1 Å². The average Bonchev–Trinajstić information content (AvgIpc) is 2.67. The Morgan fingerprint density at radius 2 is 1.71 bits per heavy atom. The molecule has 0 bridgehead atoms. The molecule has 1 aliphatic heterocycles. The van der Waals surface area contributed by atoms with Gasteiger partial charge in [-0.25, -0.2) is 13.4 Å². The highest BCUT2D eigenvalue weighted by Crippen LogP contribution is 2.25. The summed E-state index contributed by atoms with van der Waals surface area (Å²) in [7, 11) is 1.91. The average molecular weight is 406 g/mol. The van der Waals surface area contributed by atoms with Crippen molar-refractivity contribution in [2.75, 3.05) is 57.2 Å². The third kappa shape index (κ3) is 4.05. The third-order valence-corrected chi connectivity index (χ3v) is 6.71. The molecule has 0 saturated carbocycles. The first-order valence-electron chi connectivity index (χ1n) is 9.15. The zero-order valence-electron chi connectivity index (χ0n) is 17.0. The molecule has 2 aromatic rings. The molecule has 3 rings (SSSR count). The number of rotatable bonds is 5. The van der Waals surface area contributed by atoms with Crippen molar-refractivity contribution in [2.24, 2.45) is 0 Å². The molecule has 1 aromatic heterocycles. The summed E-state index contributed by atoms with van der Waals surface area (Å²) in [5.41, 5.74) is 1.68. The topological polar surface area (TPSA) is 78.9 Å². The first kappa shape index (κ1) is 20.3. The summed E-state index contributed by atoms with van der Waals surface area (Å²) in [6, 6.07) is 6.88. The second-order valence-electron chi connectivity index (χ2n) is 7.08. The van der Waals surface area contributed by atoms with Crippen LogP contribution in [0.25, 0.3) is 0 Å². The van der Waals surface area contributed by atoms with Gasteiger partial charge in [0.1, 0.15) is 11.6 Å². The van der Waals surface area contributed by atoms with Crippen molar-refractivity contribution in [1.82, 2.24) is 14.3 Å². The van der Waals surface area contributed by atoms with E-state index in [4.69, 9.17) is 4.74 Å². The van der Waals surface area contributed by atoms with Crippen LogP contribution in [-0.2, 0) is 10.0 Å². The van der Waals surface area contributed by atoms with Gasteiger partial charge in [0.25, 0.3) is 0 Å². The molecule has 1 aromatic carbocycles. The van der Waals surface area contributed by atoms with Gasteiger partial charge in [0.05, 0.1) is 12.0 Å². The van der Waals surface area contributed by atoms with Gasteiger partial charge in [-0.1, -0.05) is 0 Å². The summed E-state index contributed by atoms with van der Waals surface area (Å²) >= 11 is 0. The summed E-state index contributed by atoms with van der Waals surface area (Å²) in [6.45, 7) is 5.65. The summed E-state index contributed by atoms with van der Waals surface area (Å²) in [5, 5.41) is 0. The van der Waals surface area contributed by atoms with Crippen LogP contribution in [0.5, 0.6) is 5.75 Å². The fraction of sp³-hybridized carbons (Fsp3) is 0.474. The highest BCUT2D eigenvalue weighted by atomic mass is 32.2. The molecule has 2 heterocycles. The largest absolute Gasteiger partial charge is 0.496 e. The van der Waals surface area contributed by atoms with Crippen molar-refractivity contribution in [3.8, 4) is 5.75 Å². The van der Waals surface area contributed by atoms with Crippen LogP contribution >= 0.6 is 0 Å². The van der Waals surface area contributed by atoms with E-state index in [1.165, 1.54) is 4.31 Å². The first-order chi connectivity index (χ1) is 13.2. The molecule has 152 valence electrons. The lowest BCUT2D eigenvalue weighted by Gasteiger charge is -2.34. The normalized spacial score (nSPS) is 15.5. The highest BCUT2D eigenvalue weighted by molar-refractivity contribution is 7.89. The number of piperazine rings is 1. The zero-order valence-corrected chi connectivity index (χ0v) is 17.8. The zero-order chi connectivity index (χ0) is 20.5. The Kier molecular flexibility index (Phi) is 5.76.